The number of hydrogen-bond donors (Lipinski definition) is 3. The van der Waals surface area contributed by atoms with Crippen LogP contribution in [-0.2, 0) is 19.1 Å². The summed E-state index contributed by atoms with van der Waals surface area (Å²) in [7, 11) is 1.83. The summed E-state index contributed by atoms with van der Waals surface area (Å²) in [6.45, 7) is 3.28. The van der Waals surface area contributed by atoms with Gasteiger partial charge in [0, 0.05) is 34.6 Å². The fourth-order valence-corrected chi connectivity index (χ4v) is 4.88. The van der Waals surface area contributed by atoms with Gasteiger partial charge in [-0.25, -0.2) is 4.98 Å². The minimum absolute atomic E-state index is 0.206. The molecule has 3 N–H and O–H groups in total. The van der Waals surface area contributed by atoms with Crippen molar-refractivity contribution in [3.05, 3.63) is 134 Å². The van der Waals surface area contributed by atoms with E-state index in [0.29, 0.717) is 33.8 Å². The molecular formula is C32H28ClN3O3. The van der Waals surface area contributed by atoms with Gasteiger partial charge in [0.15, 0.2) is 5.60 Å². The lowest BCUT2D eigenvalue weighted by atomic mass is 9.82. The molecule has 7 heteroatoms. The van der Waals surface area contributed by atoms with E-state index in [1.807, 2.05) is 49.5 Å². The third kappa shape index (κ3) is 5.52. The maximum Gasteiger partial charge on any atom is 0.248 e. The molecule has 0 aliphatic rings. The second-order valence-electron chi connectivity index (χ2n) is 10.2. The van der Waals surface area contributed by atoms with Gasteiger partial charge in [-0.2, -0.15) is 0 Å². The third-order valence-electron chi connectivity index (χ3n) is 6.63. The van der Waals surface area contributed by atoms with Crippen LogP contribution in [0.3, 0.4) is 0 Å². The summed E-state index contributed by atoms with van der Waals surface area (Å²) >= 11 is 6.15. The van der Waals surface area contributed by atoms with Gasteiger partial charge in [0.2, 0.25) is 5.56 Å². The number of nitrogens with zero attached hydrogens (tertiary/aromatic N) is 2. The number of pyridine rings is 1. The van der Waals surface area contributed by atoms with Crippen LogP contribution in [-0.4, -0.2) is 30.3 Å². The van der Waals surface area contributed by atoms with E-state index in [2.05, 4.69) is 21.8 Å². The zero-order valence-electron chi connectivity index (χ0n) is 21.9. The van der Waals surface area contributed by atoms with Gasteiger partial charge in [0.25, 0.3) is 0 Å². The Kier molecular flexibility index (Phi) is 6.92. The molecule has 5 aromatic rings. The number of nitrogens with one attached hydrogen (secondary N) is 1. The minimum atomic E-state index is -1.52. The number of rotatable bonds is 5. The molecule has 5 rings (SSSR count). The SMILES string of the molecule is Cn1cncc1C(O)(c1ccc(Cl)cc1)c1ccc2[nH]c(=O)cc(Cc3cccc(C#CC(C)(C)O)c3)c2c1. The molecule has 0 radical (unpaired) electrons. The Morgan fingerprint density at radius 2 is 1.74 bits per heavy atom. The molecule has 3 aromatic carbocycles. The Balaban J connectivity index is 1.65. The molecule has 1 atom stereocenters. The summed E-state index contributed by atoms with van der Waals surface area (Å²) in [5.41, 5.74) is 2.25. The van der Waals surface area contributed by atoms with Crippen molar-refractivity contribution in [2.45, 2.75) is 31.5 Å². The lowest BCUT2D eigenvalue weighted by Gasteiger charge is -2.30. The monoisotopic (exact) mass is 537 g/mol. The zero-order chi connectivity index (χ0) is 27.8. The molecule has 0 aliphatic carbocycles. The van der Waals surface area contributed by atoms with Crippen LogP contribution in [0.2, 0.25) is 5.02 Å². The molecular weight excluding hydrogens is 510 g/mol. The van der Waals surface area contributed by atoms with Crippen molar-refractivity contribution in [2.24, 2.45) is 7.05 Å². The van der Waals surface area contributed by atoms with Crippen LogP contribution in [0.4, 0.5) is 0 Å². The van der Waals surface area contributed by atoms with Crippen LogP contribution >= 0.6 is 11.6 Å². The number of aromatic amines is 1. The van der Waals surface area contributed by atoms with E-state index in [0.717, 1.165) is 22.1 Å². The molecule has 0 fully saturated rings. The molecule has 0 spiro atoms. The number of halogens is 1. The van der Waals surface area contributed by atoms with E-state index < -0.39 is 11.2 Å². The maximum absolute atomic E-state index is 12.6. The summed E-state index contributed by atoms with van der Waals surface area (Å²) in [5.74, 6) is 5.85. The largest absolute Gasteiger partial charge is 0.378 e. The van der Waals surface area contributed by atoms with E-state index in [1.54, 1.807) is 61.3 Å². The molecule has 196 valence electrons. The van der Waals surface area contributed by atoms with E-state index in [4.69, 9.17) is 11.6 Å². The Morgan fingerprint density at radius 1 is 1.00 bits per heavy atom. The first-order valence-corrected chi connectivity index (χ1v) is 12.9. The average Bonchev–Trinajstić information content (AvgIpc) is 3.33. The molecule has 39 heavy (non-hydrogen) atoms. The summed E-state index contributed by atoms with van der Waals surface area (Å²) in [6.07, 6.45) is 3.77. The van der Waals surface area contributed by atoms with Crippen LogP contribution in [0.15, 0.2) is 90.1 Å². The van der Waals surface area contributed by atoms with Gasteiger partial charge in [-0.3, -0.25) is 4.79 Å². The van der Waals surface area contributed by atoms with Crippen molar-refractivity contribution in [1.82, 2.24) is 14.5 Å². The lowest BCUT2D eigenvalue weighted by molar-refractivity contribution is 0.117. The lowest BCUT2D eigenvalue weighted by Crippen LogP contribution is -2.31. The first-order valence-electron chi connectivity index (χ1n) is 12.5. The number of hydrogen-bond acceptors (Lipinski definition) is 4. The van der Waals surface area contributed by atoms with Gasteiger partial charge in [0.1, 0.15) is 5.60 Å². The Hall–Kier alpha value is -4.15. The number of benzene rings is 3. The van der Waals surface area contributed by atoms with E-state index in [-0.39, 0.29) is 5.56 Å². The highest BCUT2D eigenvalue weighted by molar-refractivity contribution is 6.30. The van der Waals surface area contributed by atoms with Crippen molar-refractivity contribution in [3.8, 4) is 11.8 Å². The Labute approximate surface area is 231 Å². The van der Waals surface area contributed by atoms with E-state index >= 15 is 0 Å². The van der Waals surface area contributed by atoms with Crippen LogP contribution in [0.5, 0.6) is 0 Å². The van der Waals surface area contributed by atoms with Crippen LogP contribution in [0.1, 0.15) is 47.4 Å². The Bertz CT molecular complexity index is 1790. The fraction of sp³-hybridized carbons (Fsp3) is 0.188. The molecule has 0 saturated carbocycles. The highest BCUT2D eigenvalue weighted by atomic mass is 35.5. The van der Waals surface area contributed by atoms with Crippen LogP contribution in [0.25, 0.3) is 10.9 Å². The first kappa shape index (κ1) is 26.5. The number of aromatic nitrogens is 3. The second-order valence-corrected chi connectivity index (χ2v) is 10.6. The number of fused-ring (bicyclic) bond motifs is 1. The van der Waals surface area contributed by atoms with Crippen LogP contribution in [0, 0.1) is 11.8 Å². The molecule has 0 saturated heterocycles. The van der Waals surface area contributed by atoms with E-state index in [9.17, 15) is 15.0 Å². The summed E-state index contributed by atoms with van der Waals surface area (Å²) < 4.78 is 1.78. The fourth-order valence-electron chi connectivity index (χ4n) is 4.76. The normalized spacial score (nSPS) is 13.1. The molecule has 6 nitrogen and oxygen atoms in total. The highest BCUT2D eigenvalue weighted by Gasteiger charge is 2.36. The quantitative estimate of drug-likeness (QED) is 0.278. The number of aryl methyl sites for hydroxylation is 1. The molecule has 0 bridgehead atoms. The summed E-state index contributed by atoms with van der Waals surface area (Å²) in [6, 6.07) is 22.0. The number of H-pyrrole nitrogens is 1. The minimum Gasteiger partial charge on any atom is -0.378 e. The van der Waals surface area contributed by atoms with Gasteiger partial charge in [-0.15, -0.1) is 0 Å². The van der Waals surface area contributed by atoms with Crippen molar-refractivity contribution in [3.63, 3.8) is 0 Å². The first-order chi connectivity index (χ1) is 18.5. The van der Waals surface area contributed by atoms with Crippen LogP contribution < -0.4 is 5.56 Å². The molecule has 2 aromatic heterocycles. The smallest absolute Gasteiger partial charge is 0.248 e. The molecule has 0 aliphatic heterocycles. The van der Waals surface area contributed by atoms with Crippen molar-refractivity contribution in [1.29, 1.82) is 0 Å². The van der Waals surface area contributed by atoms with Gasteiger partial charge in [0.05, 0.1) is 18.2 Å². The van der Waals surface area contributed by atoms with E-state index in [1.165, 1.54) is 0 Å². The topological polar surface area (TPSA) is 91.1 Å². The van der Waals surface area contributed by atoms with Gasteiger partial charge >= 0.3 is 0 Å². The van der Waals surface area contributed by atoms with Gasteiger partial charge in [-0.05, 0) is 78.9 Å². The predicted molar refractivity (Wildman–Crippen MR) is 154 cm³/mol. The maximum atomic E-state index is 12.6. The molecule has 0 amide bonds. The van der Waals surface area contributed by atoms with Crippen molar-refractivity contribution >= 4 is 22.5 Å². The van der Waals surface area contributed by atoms with Gasteiger partial charge < -0.3 is 19.8 Å². The predicted octanol–water partition coefficient (Wildman–Crippen LogP) is 4.91. The summed E-state index contributed by atoms with van der Waals surface area (Å²) in [4.78, 5) is 19.7. The standard InChI is InChI=1S/C32H28ClN3O3/c1-31(2,38)14-13-21-5-4-6-22(15-21)16-23-17-30(37)35-28-12-9-25(18-27(23)28)32(39,29-19-34-20-36(29)3)24-7-10-26(33)11-8-24/h4-12,15,17-20,38-39H,16H2,1-3H3,(H,35,37). The zero-order valence-corrected chi connectivity index (χ0v) is 22.6. The van der Waals surface area contributed by atoms with Crippen molar-refractivity contribution in [2.75, 3.05) is 0 Å². The molecule has 2 heterocycles. The summed E-state index contributed by atoms with van der Waals surface area (Å²) in [5, 5.41) is 23.7. The highest BCUT2D eigenvalue weighted by Crippen LogP contribution is 2.38. The number of imidazole rings is 1. The second kappa shape index (κ2) is 10.2. The van der Waals surface area contributed by atoms with Gasteiger partial charge in [-0.1, -0.05) is 53.8 Å². The van der Waals surface area contributed by atoms with Crippen molar-refractivity contribution < 1.29 is 10.2 Å². The Morgan fingerprint density at radius 3 is 2.44 bits per heavy atom. The average molecular weight is 538 g/mol. The third-order valence-corrected chi connectivity index (χ3v) is 6.88. The number of aliphatic hydroxyl groups is 2. The molecule has 1 unspecified atom stereocenters.